The summed E-state index contributed by atoms with van der Waals surface area (Å²) in [5.74, 6) is 1.28. The molecule has 2 rings (SSSR count). The highest BCUT2D eigenvalue weighted by molar-refractivity contribution is 5.38. The van der Waals surface area contributed by atoms with Gasteiger partial charge in [0, 0.05) is 24.4 Å². The van der Waals surface area contributed by atoms with Crippen molar-refractivity contribution < 1.29 is 9.66 Å². The normalized spacial score (nSPS) is 10.1. The van der Waals surface area contributed by atoms with Crippen molar-refractivity contribution in [3.05, 3.63) is 58.3 Å². The highest BCUT2D eigenvalue weighted by Gasteiger charge is 2.06. The van der Waals surface area contributed by atoms with Crippen LogP contribution in [-0.2, 0) is 6.61 Å². The van der Waals surface area contributed by atoms with Crippen LogP contribution in [0.1, 0.15) is 12.5 Å². The molecule has 1 aromatic carbocycles. The molecule has 1 N–H and O–H groups in total. The van der Waals surface area contributed by atoms with Gasteiger partial charge in [-0.2, -0.15) is 0 Å². The summed E-state index contributed by atoms with van der Waals surface area (Å²) in [4.78, 5) is 14.4. The minimum atomic E-state index is -0.445. The molecule has 0 spiro atoms. The largest absolute Gasteiger partial charge is 0.489 e. The number of nitro groups is 1. The van der Waals surface area contributed by atoms with E-state index in [0.29, 0.717) is 12.4 Å². The fourth-order valence-corrected chi connectivity index (χ4v) is 1.65. The van der Waals surface area contributed by atoms with Crippen LogP contribution < -0.4 is 10.1 Å². The molecule has 6 nitrogen and oxygen atoms in total. The standard InChI is InChI=1S/C14H15N3O3/c1-2-15-14-7-6-11(9-16-14)10-20-13-5-3-4-12(8-13)17(18)19/h3-9H,2,10H2,1H3,(H,15,16). The SMILES string of the molecule is CCNc1ccc(COc2cccc([N+](=O)[O-])c2)cn1. The van der Waals surface area contributed by atoms with E-state index in [4.69, 9.17) is 4.74 Å². The smallest absolute Gasteiger partial charge is 0.273 e. The molecule has 2 aromatic rings. The minimum Gasteiger partial charge on any atom is -0.489 e. The zero-order valence-electron chi connectivity index (χ0n) is 11.1. The topological polar surface area (TPSA) is 77.3 Å². The molecule has 0 fully saturated rings. The number of nitrogens with one attached hydrogen (secondary N) is 1. The molecule has 0 unspecified atom stereocenters. The zero-order chi connectivity index (χ0) is 14.4. The third-order valence-electron chi connectivity index (χ3n) is 2.62. The van der Waals surface area contributed by atoms with Crippen molar-refractivity contribution in [2.75, 3.05) is 11.9 Å². The highest BCUT2D eigenvalue weighted by Crippen LogP contribution is 2.20. The van der Waals surface area contributed by atoms with Crippen LogP contribution in [0, 0.1) is 10.1 Å². The Hall–Kier alpha value is -2.63. The molecule has 104 valence electrons. The van der Waals surface area contributed by atoms with Gasteiger partial charge in [-0.05, 0) is 19.1 Å². The minimum absolute atomic E-state index is 0.0168. The summed E-state index contributed by atoms with van der Waals surface area (Å²) in [5, 5.41) is 13.8. The van der Waals surface area contributed by atoms with Crippen LogP contribution in [0.5, 0.6) is 5.75 Å². The van der Waals surface area contributed by atoms with Gasteiger partial charge in [0.1, 0.15) is 18.2 Å². The third-order valence-corrected chi connectivity index (χ3v) is 2.62. The van der Waals surface area contributed by atoms with E-state index in [1.165, 1.54) is 12.1 Å². The monoisotopic (exact) mass is 273 g/mol. The molecule has 1 aromatic heterocycles. The van der Waals surface area contributed by atoms with E-state index >= 15 is 0 Å². The van der Waals surface area contributed by atoms with Gasteiger partial charge in [-0.15, -0.1) is 0 Å². The number of rotatable bonds is 6. The van der Waals surface area contributed by atoms with Gasteiger partial charge in [-0.1, -0.05) is 12.1 Å². The number of benzene rings is 1. The van der Waals surface area contributed by atoms with Crippen molar-refractivity contribution in [2.45, 2.75) is 13.5 Å². The van der Waals surface area contributed by atoms with Crippen molar-refractivity contribution in [1.29, 1.82) is 0 Å². The Balaban J connectivity index is 1.97. The zero-order valence-corrected chi connectivity index (χ0v) is 11.1. The fraction of sp³-hybridized carbons (Fsp3) is 0.214. The summed E-state index contributed by atoms with van der Waals surface area (Å²) < 4.78 is 5.52. The Kier molecular flexibility index (Phi) is 4.49. The lowest BCUT2D eigenvalue weighted by Crippen LogP contribution is -2.01. The molecule has 0 bridgehead atoms. The summed E-state index contributed by atoms with van der Waals surface area (Å²) >= 11 is 0. The first-order chi connectivity index (χ1) is 9.69. The van der Waals surface area contributed by atoms with Crippen LogP contribution in [-0.4, -0.2) is 16.5 Å². The second kappa shape index (κ2) is 6.51. The molecule has 0 aliphatic carbocycles. The van der Waals surface area contributed by atoms with E-state index < -0.39 is 4.92 Å². The second-order valence-corrected chi connectivity index (χ2v) is 4.13. The van der Waals surface area contributed by atoms with Crippen molar-refractivity contribution in [1.82, 2.24) is 4.98 Å². The summed E-state index contributed by atoms with van der Waals surface area (Å²) in [6, 6.07) is 9.89. The van der Waals surface area contributed by atoms with Crippen LogP contribution in [0.2, 0.25) is 0 Å². The average molecular weight is 273 g/mol. The molecule has 0 aliphatic rings. The lowest BCUT2D eigenvalue weighted by molar-refractivity contribution is -0.384. The van der Waals surface area contributed by atoms with E-state index in [0.717, 1.165) is 17.9 Å². The van der Waals surface area contributed by atoms with Crippen molar-refractivity contribution >= 4 is 11.5 Å². The Morgan fingerprint density at radius 2 is 2.20 bits per heavy atom. The van der Waals surface area contributed by atoms with Gasteiger partial charge in [-0.3, -0.25) is 10.1 Å². The number of hydrogen-bond donors (Lipinski definition) is 1. The van der Waals surface area contributed by atoms with Crippen LogP contribution in [0.15, 0.2) is 42.6 Å². The number of aromatic nitrogens is 1. The Morgan fingerprint density at radius 1 is 1.35 bits per heavy atom. The maximum Gasteiger partial charge on any atom is 0.273 e. The third kappa shape index (κ3) is 3.68. The van der Waals surface area contributed by atoms with Gasteiger partial charge in [0.15, 0.2) is 0 Å². The number of anilines is 1. The molecule has 0 saturated carbocycles. The van der Waals surface area contributed by atoms with Gasteiger partial charge in [0.2, 0.25) is 0 Å². The fourth-order valence-electron chi connectivity index (χ4n) is 1.65. The van der Waals surface area contributed by atoms with Crippen LogP contribution in [0.3, 0.4) is 0 Å². The molecule has 0 amide bonds. The molecule has 20 heavy (non-hydrogen) atoms. The first kappa shape index (κ1) is 13.8. The maximum atomic E-state index is 10.7. The Morgan fingerprint density at radius 3 is 2.85 bits per heavy atom. The lowest BCUT2D eigenvalue weighted by atomic mass is 10.3. The van der Waals surface area contributed by atoms with E-state index in [1.807, 2.05) is 19.1 Å². The Bertz CT molecular complexity index is 584. The summed E-state index contributed by atoms with van der Waals surface area (Å²) in [6.45, 7) is 3.14. The molecule has 6 heteroatoms. The van der Waals surface area contributed by atoms with Gasteiger partial charge in [0.05, 0.1) is 11.0 Å². The van der Waals surface area contributed by atoms with Crippen LogP contribution in [0.25, 0.3) is 0 Å². The van der Waals surface area contributed by atoms with Gasteiger partial charge < -0.3 is 10.1 Å². The molecule has 0 atom stereocenters. The van der Waals surface area contributed by atoms with Gasteiger partial charge in [-0.25, -0.2) is 4.98 Å². The molecule has 0 aliphatic heterocycles. The number of ether oxygens (including phenoxy) is 1. The first-order valence-electron chi connectivity index (χ1n) is 6.25. The van der Waals surface area contributed by atoms with Crippen molar-refractivity contribution in [2.24, 2.45) is 0 Å². The van der Waals surface area contributed by atoms with E-state index in [9.17, 15) is 10.1 Å². The van der Waals surface area contributed by atoms with Crippen LogP contribution >= 0.6 is 0 Å². The van der Waals surface area contributed by atoms with Gasteiger partial charge in [0.25, 0.3) is 5.69 Å². The average Bonchev–Trinajstić information content (AvgIpc) is 2.47. The van der Waals surface area contributed by atoms with E-state index in [-0.39, 0.29) is 5.69 Å². The lowest BCUT2D eigenvalue weighted by Gasteiger charge is -2.07. The second-order valence-electron chi connectivity index (χ2n) is 4.13. The molecule has 0 saturated heterocycles. The summed E-state index contributed by atoms with van der Waals surface area (Å²) in [7, 11) is 0. The van der Waals surface area contributed by atoms with Crippen LogP contribution in [0.4, 0.5) is 11.5 Å². The maximum absolute atomic E-state index is 10.7. The predicted octanol–water partition coefficient (Wildman–Crippen LogP) is 3.00. The van der Waals surface area contributed by atoms with E-state index in [1.54, 1.807) is 18.3 Å². The highest BCUT2D eigenvalue weighted by atomic mass is 16.6. The van der Waals surface area contributed by atoms with E-state index in [2.05, 4.69) is 10.3 Å². The number of non-ortho nitro benzene ring substituents is 1. The summed E-state index contributed by atoms with van der Waals surface area (Å²) in [5.41, 5.74) is 0.918. The molecular formula is C14H15N3O3. The number of nitrogens with zero attached hydrogens (tertiary/aromatic N) is 2. The molecule has 1 heterocycles. The summed E-state index contributed by atoms with van der Waals surface area (Å²) in [6.07, 6.45) is 1.72. The quantitative estimate of drug-likeness (QED) is 0.646. The van der Waals surface area contributed by atoms with Crippen molar-refractivity contribution in [3.63, 3.8) is 0 Å². The number of nitro benzene ring substituents is 1. The number of pyridine rings is 1. The predicted molar refractivity (Wildman–Crippen MR) is 75.8 cm³/mol. The molecular weight excluding hydrogens is 258 g/mol. The number of hydrogen-bond acceptors (Lipinski definition) is 5. The Labute approximate surface area is 116 Å². The molecule has 0 radical (unpaired) electrons. The first-order valence-corrected chi connectivity index (χ1v) is 6.25. The van der Waals surface area contributed by atoms with Gasteiger partial charge >= 0.3 is 0 Å². The van der Waals surface area contributed by atoms with Crippen molar-refractivity contribution in [3.8, 4) is 5.75 Å².